The average molecular weight is 261 g/mol. The van der Waals surface area contributed by atoms with Gasteiger partial charge in [-0.2, -0.15) is 0 Å². The Kier molecular flexibility index (Phi) is 2.69. The van der Waals surface area contributed by atoms with Crippen LogP contribution in [0.4, 0.5) is 0 Å². The molecule has 1 aromatic rings. The smallest absolute Gasteiger partial charge is 0.234 e. The quantitative estimate of drug-likeness (QED) is 0.807. The van der Waals surface area contributed by atoms with Crippen LogP contribution in [0.3, 0.4) is 0 Å². The molecule has 5 heteroatoms. The molecular formula is C14H15NO4. The zero-order valence-electron chi connectivity index (χ0n) is 10.9. The highest BCUT2D eigenvalue weighted by Gasteiger charge is 2.45. The fraction of sp³-hybridized carbons (Fsp3) is 0.429. The highest BCUT2D eigenvalue weighted by atomic mass is 16.5. The maximum atomic E-state index is 11.9. The molecule has 1 aromatic carbocycles. The Balaban J connectivity index is 2.12. The highest BCUT2D eigenvalue weighted by Crippen LogP contribution is 2.43. The Morgan fingerprint density at radius 1 is 1.11 bits per heavy atom. The number of benzene rings is 1. The SMILES string of the molecule is COc1cc2c(cc1OC)C1C(=O)NC(=O)C1CC2. The Bertz CT molecular complexity index is 567. The van der Waals surface area contributed by atoms with Gasteiger partial charge in [0, 0.05) is 0 Å². The van der Waals surface area contributed by atoms with Crippen LogP contribution in [0.15, 0.2) is 12.1 Å². The number of aryl methyl sites for hydroxylation is 1. The molecule has 0 bridgehead atoms. The van der Waals surface area contributed by atoms with E-state index in [2.05, 4.69) is 5.32 Å². The number of hydrogen-bond acceptors (Lipinski definition) is 4. The third kappa shape index (κ3) is 1.69. The minimum Gasteiger partial charge on any atom is -0.493 e. The average Bonchev–Trinajstić information content (AvgIpc) is 2.72. The number of rotatable bonds is 2. The summed E-state index contributed by atoms with van der Waals surface area (Å²) in [5.41, 5.74) is 1.95. The second kappa shape index (κ2) is 4.26. The standard InChI is InChI=1S/C14H15NO4/c1-18-10-5-7-3-4-8-12(14(17)15-13(8)16)9(7)6-11(10)19-2/h5-6,8,12H,3-4H2,1-2H3,(H,15,16,17). The lowest BCUT2D eigenvalue weighted by Gasteiger charge is -2.26. The zero-order valence-corrected chi connectivity index (χ0v) is 10.9. The molecule has 100 valence electrons. The second-order valence-electron chi connectivity index (χ2n) is 4.88. The summed E-state index contributed by atoms with van der Waals surface area (Å²) in [4.78, 5) is 23.7. The largest absolute Gasteiger partial charge is 0.493 e. The summed E-state index contributed by atoms with van der Waals surface area (Å²) in [5, 5.41) is 2.42. The molecular weight excluding hydrogens is 246 g/mol. The van der Waals surface area contributed by atoms with E-state index in [0.29, 0.717) is 17.9 Å². The Labute approximate surface area is 110 Å². The number of amides is 2. The fourth-order valence-electron chi connectivity index (χ4n) is 3.04. The van der Waals surface area contributed by atoms with Crippen molar-refractivity contribution in [3.63, 3.8) is 0 Å². The lowest BCUT2D eigenvalue weighted by atomic mass is 9.76. The number of hydrogen-bond donors (Lipinski definition) is 1. The Hall–Kier alpha value is -2.04. The molecule has 19 heavy (non-hydrogen) atoms. The molecule has 2 aliphatic rings. The van der Waals surface area contributed by atoms with Gasteiger partial charge in [0.2, 0.25) is 11.8 Å². The maximum Gasteiger partial charge on any atom is 0.234 e. The zero-order chi connectivity index (χ0) is 13.6. The number of ether oxygens (including phenoxy) is 2. The number of imide groups is 1. The molecule has 1 fully saturated rings. The van der Waals surface area contributed by atoms with Crippen LogP contribution in [-0.4, -0.2) is 26.0 Å². The van der Waals surface area contributed by atoms with Crippen molar-refractivity contribution < 1.29 is 19.1 Å². The normalized spacial score (nSPS) is 24.5. The van der Waals surface area contributed by atoms with Crippen LogP contribution < -0.4 is 14.8 Å². The van der Waals surface area contributed by atoms with Gasteiger partial charge in [0.25, 0.3) is 0 Å². The van der Waals surface area contributed by atoms with Crippen molar-refractivity contribution in [1.29, 1.82) is 0 Å². The summed E-state index contributed by atoms with van der Waals surface area (Å²) in [6.07, 6.45) is 1.47. The van der Waals surface area contributed by atoms with Crippen molar-refractivity contribution in [1.82, 2.24) is 5.32 Å². The van der Waals surface area contributed by atoms with Crippen molar-refractivity contribution in [3.05, 3.63) is 23.3 Å². The minimum absolute atomic E-state index is 0.157. The monoisotopic (exact) mass is 261 g/mol. The van der Waals surface area contributed by atoms with Gasteiger partial charge in [-0.15, -0.1) is 0 Å². The second-order valence-corrected chi connectivity index (χ2v) is 4.88. The van der Waals surface area contributed by atoms with E-state index >= 15 is 0 Å². The molecule has 5 nitrogen and oxygen atoms in total. The first-order valence-corrected chi connectivity index (χ1v) is 6.25. The van der Waals surface area contributed by atoms with Gasteiger partial charge in [0.1, 0.15) is 0 Å². The number of carbonyl (C=O) groups is 2. The molecule has 1 aliphatic carbocycles. The summed E-state index contributed by atoms with van der Waals surface area (Å²) in [6.45, 7) is 0. The number of fused-ring (bicyclic) bond motifs is 3. The van der Waals surface area contributed by atoms with Crippen molar-refractivity contribution in [3.8, 4) is 11.5 Å². The predicted octanol–water partition coefficient (Wildman–Crippen LogP) is 1.01. The highest BCUT2D eigenvalue weighted by molar-refractivity contribution is 6.08. The Morgan fingerprint density at radius 2 is 1.79 bits per heavy atom. The van der Waals surface area contributed by atoms with Gasteiger partial charge in [-0.1, -0.05) is 0 Å². The van der Waals surface area contributed by atoms with Crippen LogP contribution in [0.25, 0.3) is 0 Å². The van der Waals surface area contributed by atoms with Crippen LogP contribution >= 0.6 is 0 Å². The fourth-order valence-corrected chi connectivity index (χ4v) is 3.04. The molecule has 1 saturated heterocycles. The first-order valence-electron chi connectivity index (χ1n) is 6.25. The van der Waals surface area contributed by atoms with Crippen molar-refractivity contribution in [2.24, 2.45) is 5.92 Å². The maximum absolute atomic E-state index is 11.9. The first kappa shape index (κ1) is 12.0. The number of methoxy groups -OCH3 is 2. The van der Waals surface area contributed by atoms with Crippen LogP contribution in [0, 0.1) is 5.92 Å². The first-order chi connectivity index (χ1) is 9.15. The van der Waals surface area contributed by atoms with E-state index < -0.39 is 0 Å². The van der Waals surface area contributed by atoms with Crippen molar-refractivity contribution in [2.45, 2.75) is 18.8 Å². The number of carbonyl (C=O) groups excluding carboxylic acids is 2. The summed E-state index contributed by atoms with van der Waals surface area (Å²) in [5.74, 6) is 0.270. The van der Waals surface area contributed by atoms with E-state index in [1.54, 1.807) is 14.2 Å². The summed E-state index contributed by atoms with van der Waals surface area (Å²) >= 11 is 0. The third-order valence-electron chi connectivity index (χ3n) is 3.97. The van der Waals surface area contributed by atoms with Gasteiger partial charge in [0.15, 0.2) is 11.5 Å². The topological polar surface area (TPSA) is 64.6 Å². The van der Waals surface area contributed by atoms with Crippen LogP contribution in [0.1, 0.15) is 23.5 Å². The molecule has 1 N–H and O–H groups in total. The minimum atomic E-state index is -0.379. The van der Waals surface area contributed by atoms with Crippen LogP contribution in [-0.2, 0) is 16.0 Å². The molecule has 2 unspecified atom stereocenters. The molecule has 1 aliphatic heterocycles. The third-order valence-corrected chi connectivity index (χ3v) is 3.97. The molecule has 0 radical (unpaired) electrons. The molecule has 3 rings (SSSR count). The predicted molar refractivity (Wildman–Crippen MR) is 67.2 cm³/mol. The molecule has 2 atom stereocenters. The van der Waals surface area contributed by atoms with Gasteiger partial charge in [0.05, 0.1) is 26.1 Å². The van der Waals surface area contributed by atoms with Gasteiger partial charge >= 0.3 is 0 Å². The summed E-state index contributed by atoms with van der Waals surface area (Å²) in [6, 6.07) is 3.73. The van der Waals surface area contributed by atoms with E-state index in [1.807, 2.05) is 12.1 Å². The molecule has 0 spiro atoms. The van der Waals surface area contributed by atoms with Gasteiger partial charge in [-0.05, 0) is 36.1 Å². The Morgan fingerprint density at radius 3 is 2.47 bits per heavy atom. The van der Waals surface area contributed by atoms with Gasteiger partial charge in [-0.25, -0.2) is 0 Å². The van der Waals surface area contributed by atoms with E-state index in [-0.39, 0.29) is 23.7 Å². The molecule has 0 saturated carbocycles. The summed E-state index contributed by atoms with van der Waals surface area (Å²) < 4.78 is 10.5. The molecule has 0 aromatic heterocycles. The number of nitrogens with one attached hydrogen (secondary N) is 1. The van der Waals surface area contributed by atoms with Gasteiger partial charge < -0.3 is 9.47 Å². The lowest BCUT2D eigenvalue weighted by molar-refractivity contribution is -0.125. The molecule has 2 amide bonds. The molecule has 1 heterocycles. The van der Waals surface area contributed by atoms with Gasteiger partial charge in [-0.3, -0.25) is 14.9 Å². The van der Waals surface area contributed by atoms with Crippen molar-refractivity contribution >= 4 is 11.8 Å². The summed E-state index contributed by atoms with van der Waals surface area (Å²) in [7, 11) is 3.14. The van der Waals surface area contributed by atoms with E-state index in [0.717, 1.165) is 17.5 Å². The van der Waals surface area contributed by atoms with Crippen molar-refractivity contribution in [2.75, 3.05) is 14.2 Å². The van der Waals surface area contributed by atoms with E-state index in [9.17, 15) is 9.59 Å². The lowest BCUT2D eigenvalue weighted by Crippen LogP contribution is -2.23. The van der Waals surface area contributed by atoms with E-state index in [1.165, 1.54) is 0 Å². The van der Waals surface area contributed by atoms with E-state index in [4.69, 9.17) is 9.47 Å². The van der Waals surface area contributed by atoms with Crippen LogP contribution in [0.2, 0.25) is 0 Å². The van der Waals surface area contributed by atoms with Crippen LogP contribution in [0.5, 0.6) is 11.5 Å².